The molecule has 0 spiro atoms. The summed E-state index contributed by atoms with van der Waals surface area (Å²) in [5, 5.41) is 21.6. The van der Waals surface area contributed by atoms with Crippen molar-refractivity contribution >= 4 is 17.7 Å². The number of carboxylic acids is 1. The van der Waals surface area contributed by atoms with Crippen molar-refractivity contribution in [2.45, 2.75) is 31.3 Å². The van der Waals surface area contributed by atoms with Crippen molar-refractivity contribution in [1.82, 2.24) is 9.55 Å². The average Bonchev–Trinajstić information content (AvgIpc) is 3.22. The number of aliphatic carboxylic acids is 1. The lowest BCUT2D eigenvalue weighted by Crippen LogP contribution is -2.43. The minimum Gasteiger partial charge on any atom is -0.481 e. The van der Waals surface area contributed by atoms with Gasteiger partial charge in [0.05, 0.1) is 19.6 Å². The molecule has 2 aromatic rings. The van der Waals surface area contributed by atoms with Crippen LogP contribution in [0.1, 0.15) is 28.6 Å². The maximum atomic E-state index is 12.7. The lowest BCUT2D eigenvalue weighted by Gasteiger charge is -2.30. The van der Waals surface area contributed by atoms with Crippen molar-refractivity contribution in [2.75, 3.05) is 18.5 Å². The SMILES string of the molecule is Cc1cn([C@@H]2O[C@@]3(CO)CO[C@H]2C3CC(=O)O)c(=O)nc1NC(=O)c1ccccc1. The van der Waals surface area contributed by atoms with E-state index >= 15 is 0 Å². The van der Waals surface area contributed by atoms with Gasteiger partial charge in [-0.05, 0) is 19.1 Å². The molecule has 158 valence electrons. The van der Waals surface area contributed by atoms with Gasteiger partial charge in [0.25, 0.3) is 5.91 Å². The van der Waals surface area contributed by atoms with Crippen LogP contribution in [0.4, 0.5) is 5.82 Å². The quantitative estimate of drug-likeness (QED) is 0.622. The van der Waals surface area contributed by atoms with Crippen LogP contribution in [0.5, 0.6) is 0 Å². The number of hydrogen-bond acceptors (Lipinski definition) is 7. The number of benzene rings is 1. The van der Waals surface area contributed by atoms with Crippen LogP contribution >= 0.6 is 0 Å². The number of rotatable bonds is 6. The van der Waals surface area contributed by atoms with Gasteiger partial charge in [-0.25, -0.2) is 4.79 Å². The van der Waals surface area contributed by atoms with Gasteiger partial charge < -0.3 is 25.0 Å². The molecule has 3 heterocycles. The van der Waals surface area contributed by atoms with Crippen LogP contribution in [0.15, 0.2) is 41.3 Å². The number of aryl methyl sites for hydroxylation is 1. The first-order valence-corrected chi connectivity index (χ1v) is 9.43. The molecule has 1 amide bonds. The number of amides is 1. The molecular formula is C20H21N3O7. The minimum atomic E-state index is -1.18. The summed E-state index contributed by atoms with van der Waals surface area (Å²) in [6.07, 6.45) is -0.411. The first-order chi connectivity index (χ1) is 14.3. The van der Waals surface area contributed by atoms with Gasteiger partial charge in [-0.15, -0.1) is 0 Å². The highest BCUT2D eigenvalue weighted by molar-refractivity contribution is 6.03. The molecule has 2 saturated heterocycles. The second-order valence-electron chi connectivity index (χ2n) is 7.49. The van der Waals surface area contributed by atoms with Crippen LogP contribution in [0, 0.1) is 12.8 Å². The van der Waals surface area contributed by atoms with Crippen LogP contribution < -0.4 is 11.0 Å². The van der Waals surface area contributed by atoms with Crippen molar-refractivity contribution in [3.63, 3.8) is 0 Å². The van der Waals surface area contributed by atoms with E-state index in [0.717, 1.165) is 0 Å². The normalized spacial score (nSPS) is 27.2. The Kier molecular flexibility index (Phi) is 5.14. The Labute approximate surface area is 171 Å². The number of hydrogen-bond donors (Lipinski definition) is 3. The third-order valence-electron chi connectivity index (χ3n) is 5.57. The summed E-state index contributed by atoms with van der Waals surface area (Å²) in [5.41, 5.74) is -0.930. The van der Waals surface area contributed by atoms with E-state index in [1.807, 2.05) is 0 Å². The van der Waals surface area contributed by atoms with E-state index in [-0.39, 0.29) is 18.8 Å². The first-order valence-electron chi connectivity index (χ1n) is 9.43. The summed E-state index contributed by atoms with van der Waals surface area (Å²) in [5.74, 6) is -1.93. The fraction of sp³-hybridized carbons (Fsp3) is 0.400. The topological polar surface area (TPSA) is 140 Å². The molecule has 2 fully saturated rings. The zero-order valence-corrected chi connectivity index (χ0v) is 16.1. The number of nitrogens with zero attached hydrogens (tertiary/aromatic N) is 2. The third kappa shape index (κ3) is 3.38. The predicted molar refractivity (Wildman–Crippen MR) is 103 cm³/mol. The standard InChI is InChI=1S/C20H21N3O7/c1-11-8-23(18-15-13(7-14(25)26)20(9-24,30-18)10-29-15)19(28)22-16(11)21-17(27)12-5-3-2-4-6-12/h2-6,8,13,15,18,24H,7,9-10H2,1H3,(H,25,26)(H,21,22,27,28)/t13?,15-,18+,20-/m0/s1. The third-order valence-corrected chi connectivity index (χ3v) is 5.57. The maximum absolute atomic E-state index is 12.7. The van der Waals surface area contributed by atoms with Gasteiger partial charge >= 0.3 is 11.7 Å². The number of anilines is 1. The fourth-order valence-electron chi connectivity index (χ4n) is 4.02. The number of carboxylic acid groups (broad SMARTS) is 1. The Morgan fingerprint density at radius 1 is 1.33 bits per heavy atom. The van der Waals surface area contributed by atoms with Crippen LogP contribution in [-0.4, -0.2) is 56.6 Å². The smallest absolute Gasteiger partial charge is 0.351 e. The molecule has 10 heteroatoms. The Balaban J connectivity index is 1.61. The van der Waals surface area contributed by atoms with E-state index in [4.69, 9.17) is 9.47 Å². The molecule has 3 N–H and O–H groups in total. The van der Waals surface area contributed by atoms with E-state index in [1.54, 1.807) is 37.3 Å². The Bertz CT molecular complexity index is 1040. The number of aromatic nitrogens is 2. The number of carbonyl (C=O) groups is 2. The molecule has 2 bridgehead atoms. The van der Waals surface area contributed by atoms with E-state index in [1.165, 1.54) is 10.8 Å². The molecule has 30 heavy (non-hydrogen) atoms. The van der Waals surface area contributed by atoms with Crippen LogP contribution in [0.2, 0.25) is 0 Å². The summed E-state index contributed by atoms with van der Waals surface area (Å²) < 4.78 is 12.8. The van der Waals surface area contributed by atoms with Crippen molar-refractivity contribution in [3.05, 3.63) is 58.1 Å². The molecule has 1 aromatic heterocycles. The summed E-state index contributed by atoms with van der Waals surface area (Å²) >= 11 is 0. The maximum Gasteiger partial charge on any atom is 0.351 e. The largest absolute Gasteiger partial charge is 0.481 e. The second-order valence-corrected chi connectivity index (χ2v) is 7.49. The van der Waals surface area contributed by atoms with E-state index in [2.05, 4.69) is 10.3 Å². The summed E-state index contributed by atoms with van der Waals surface area (Å²) in [7, 11) is 0. The molecule has 2 aliphatic heterocycles. The molecule has 4 atom stereocenters. The highest BCUT2D eigenvalue weighted by Crippen LogP contribution is 2.50. The van der Waals surface area contributed by atoms with Crippen molar-refractivity contribution in [3.8, 4) is 0 Å². The highest BCUT2D eigenvalue weighted by atomic mass is 16.6. The molecule has 0 radical (unpaired) electrons. The number of ether oxygens (including phenoxy) is 2. The fourth-order valence-corrected chi connectivity index (χ4v) is 4.02. The van der Waals surface area contributed by atoms with Gasteiger partial charge in [0.2, 0.25) is 0 Å². The number of fused-ring (bicyclic) bond motifs is 2. The molecule has 1 unspecified atom stereocenters. The van der Waals surface area contributed by atoms with Crippen LogP contribution in [0.25, 0.3) is 0 Å². The summed E-state index contributed by atoms with van der Waals surface area (Å²) in [6.45, 7) is 1.30. The molecule has 1 aromatic carbocycles. The lowest BCUT2D eigenvalue weighted by atomic mass is 9.86. The van der Waals surface area contributed by atoms with Crippen molar-refractivity contribution in [1.29, 1.82) is 0 Å². The monoisotopic (exact) mass is 415 g/mol. The molecule has 10 nitrogen and oxygen atoms in total. The zero-order valence-electron chi connectivity index (χ0n) is 16.1. The summed E-state index contributed by atoms with van der Waals surface area (Å²) in [4.78, 5) is 40.3. The lowest BCUT2D eigenvalue weighted by molar-refractivity contribution is -0.186. The van der Waals surface area contributed by atoms with Crippen LogP contribution in [0.3, 0.4) is 0 Å². The van der Waals surface area contributed by atoms with Gasteiger partial charge in [0.15, 0.2) is 6.23 Å². The number of carbonyl (C=O) groups excluding carboxylic acids is 1. The average molecular weight is 415 g/mol. The number of nitrogens with one attached hydrogen (secondary N) is 1. The van der Waals surface area contributed by atoms with Crippen molar-refractivity contribution < 1.29 is 29.3 Å². The zero-order chi connectivity index (χ0) is 21.5. The Morgan fingerprint density at radius 2 is 2.07 bits per heavy atom. The highest BCUT2D eigenvalue weighted by Gasteiger charge is 2.62. The van der Waals surface area contributed by atoms with Crippen molar-refractivity contribution in [2.24, 2.45) is 5.92 Å². The molecule has 0 saturated carbocycles. The van der Waals surface area contributed by atoms with E-state index in [9.17, 15) is 24.6 Å². The second kappa shape index (κ2) is 7.63. The number of aliphatic hydroxyl groups excluding tert-OH is 1. The molecule has 4 rings (SSSR count). The first kappa shape index (κ1) is 20.2. The van der Waals surface area contributed by atoms with E-state index in [0.29, 0.717) is 11.1 Å². The van der Waals surface area contributed by atoms with Gasteiger partial charge in [0, 0.05) is 23.2 Å². The Morgan fingerprint density at radius 3 is 2.73 bits per heavy atom. The minimum absolute atomic E-state index is 0.0506. The van der Waals surface area contributed by atoms with Gasteiger partial charge in [-0.1, -0.05) is 18.2 Å². The van der Waals surface area contributed by atoms with E-state index < -0.39 is 48.0 Å². The predicted octanol–water partition coefficient (Wildman–Crippen LogP) is 0.554. The van der Waals surface area contributed by atoms with Gasteiger partial charge in [-0.3, -0.25) is 14.2 Å². The van der Waals surface area contributed by atoms with Crippen LogP contribution in [-0.2, 0) is 14.3 Å². The molecule has 0 aliphatic carbocycles. The molecular weight excluding hydrogens is 394 g/mol. The van der Waals surface area contributed by atoms with Gasteiger partial charge in [-0.2, -0.15) is 4.98 Å². The molecule has 2 aliphatic rings. The van der Waals surface area contributed by atoms with Gasteiger partial charge in [0.1, 0.15) is 17.5 Å². The Hall–Kier alpha value is -3.08. The summed E-state index contributed by atoms with van der Waals surface area (Å²) in [6, 6.07) is 8.52. The number of aliphatic hydroxyl groups is 1.